The van der Waals surface area contributed by atoms with Crippen LogP contribution in [0, 0.1) is 12.0 Å². The zero-order chi connectivity index (χ0) is 8.97. The monoisotopic (exact) mass is 165 g/mol. The standard InChI is InChI=1S/C7H7N3O2/c8-3-1-4-10-5-2-6(11)9-7(10)12/h2,5H,3,8H2,(H,9,11,12). The molecule has 0 radical (unpaired) electrons. The Morgan fingerprint density at radius 3 is 2.92 bits per heavy atom. The molecule has 0 spiro atoms. The van der Waals surface area contributed by atoms with Crippen LogP contribution in [0.25, 0.3) is 0 Å². The van der Waals surface area contributed by atoms with Crippen molar-refractivity contribution < 1.29 is 0 Å². The number of aromatic amines is 1. The van der Waals surface area contributed by atoms with Crippen molar-refractivity contribution >= 4 is 0 Å². The number of rotatable bonds is 0. The van der Waals surface area contributed by atoms with Gasteiger partial charge in [-0.3, -0.25) is 9.78 Å². The number of nitrogens with two attached hydrogens (primary N) is 1. The van der Waals surface area contributed by atoms with Crippen molar-refractivity contribution in [3.63, 3.8) is 0 Å². The number of aromatic nitrogens is 2. The average Bonchev–Trinajstić information content (AvgIpc) is 2.03. The number of nitrogens with one attached hydrogen (secondary N) is 1. The minimum Gasteiger partial charge on any atom is -0.320 e. The van der Waals surface area contributed by atoms with E-state index in [0.717, 1.165) is 4.57 Å². The SMILES string of the molecule is NCC#Cn1ccc(=O)[nH]c1=O. The number of H-pyrrole nitrogens is 1. The summed E-state index contributed by atoms with van der Waals surface area (Å²) in [6.45, 7) is 0.172. The van der Waals surface area contributed by atoms with Crippen LogP contribution < -0.4 is 17.0 Å². The largest absolute Gasteiger partial charge is 0.340 e. The lowest BCUT2D eigenvalue weighted by atomic mass is 10.6. The van der Waals surface area contributed by atoms with Crippen LogP contribution >= 0.6 is 0 Å². The van der Waals surface area contributed by atoms with Crippen molar-refractivity contribution in [3.8, 4) is 12.0 Å². The van der Waals surface area contributed by atoms with Gasteiger partial charge in [-0.2, -0.15) is 0 Å². The highest BCUT2D eigenvalue weighted by molar-refractivity contribution is 5.04. The fourth-order valence-electron chi connectivity index (χ4n) is 0.636. The maximum absolute atomic E-state index is 10.9. The van der Waals surface area contributed by atoms with Crippen molar-refractivity contribution in [1.82, 2.24) is 9.55 Å². The molecule has 0 fully saturated rings. The highest BCUT2D eigenvalue weighted by Crippen LogP contribution is 1.66. The Bertz CT molecular complexity index is 432. The molecule has 1 heterocycles. The second-order valence-corrected chi connectivity index (χ2v) is 1.97. The Kier molecular flexibility index (Phi) is 2.46. The van der Waals surface area contributed by atoms with Crippen molar-refractivity contribution in [2.24, 2.45) is 5.73 Å². The zero-order valence-electron chi connectivity index (χ0n) is 6.20. The Balaban J connectivity index is 3.19. The van der Waals surface area contributed by atoms with Gasteiger partial charge in [0.05, 0.1) is 6.54 Å². The molecule has 0 saturated carbocycles. The molecule has 0 aliphatic heterocycles. The first kappa shape index (κ1) is 8.30. The molecule has 1 aromatic rings. The molecule has 3 N–H and O–H groups in total. The van der Waals surface area contributed by atoms with Gasteiger partial charge < -0.3 is 5.73 Å². The van der Waals surface area contributed by atoms with Crippen molar-refractivity contribution in [2.45, 2.75) is 0 Å². The number of hydrogen-bond acceptors (Lipinski definition) is 3. The molecule has 0 aliphatic carbocycles. The minimum absolute atomic E-state index is 0.172. The van der Waals surface area contributed by atoms with Crippen molar-refractivity contribution in [3.05, 3.63) is 33.1 Å². The third-order valence-electron chi connectivity index (χ3n) is 1.13. The summed E-state index contributed by atoms with van der Waals surface area (Å²) >= 11 is 0. The van der Waals surface area contributed by atoms with E-state index >= 15 is 0 Å². The van der Waals surface area contributed by atoms with Gasteiger partial charge in [0.1, 0.15) is 0 Å². The van der Waals surface area contributed by atoms with Crippen molar-refractivity contribution in [2.75, 3.05) is 6.54 Å². The molecule has 1 aromatic heterocycles. The van der Waals surface area contributed by atoms with Crippen LogP contribution in [-0.2, 0) is 0 Å². The summed E-state index contributed by atoms with van der Waals surface area (Å²) in [5.41, 5.74) is 4.10. The fraction of sp³-hybridized carbons (Fsp3) is 0.143. The van der Waals surface area contributed by atoms with Crippen LogP contribution in [0.4, 0.5) is 0 Å². The van der Waals surface area contributed by atoms with E-state index < -0.39 is 11.2 Å². The normalized spacial score (nSPS) is 8.75. The molecule has 0 bridgehead atoms. The molecule has 0 atom stereocenters. The van der Waals surface area contributed by atoms with Crippen LogP contribution in [0.2, 0.25) is 0 Å². The summed E-state index contributed by atoms with van der Waals surface area (Å²) in [5.74, 6) is 2.49. The van der Waals surface area contributed by atoms with Gasteiger partial charge in [-0.05, 0) is 0 Å². The molecule has 5 nitrogen and oxygen atoms in total. The van der Waals surface area contributed by atoms with E-state index in [9.17, 15) is 9.59 Å². The van der Waals surface area contributed by atoms with Crippen molar-refractivity contribution in [1.29, 1.82) is 0 Å². The van der Waals surface area contributed by atoms with Gasteiger partial charge in [-0.15, -0.1) is 0 Å². The molecule has 1 rings (SSSR count). The smallest absolute Gasteiger partial charge is 0.320 e. The van der Waals surface area contributed by atoms with Crippen LogP contribution in [-0.4, -0.2) is 16.1 Å². The quantitative estimate of drug-likeness (QED) is 0.450. The first-order chi connectivity index (χ1) is 5.74. The minimum atomic E-state index is -0.552. The molecular formula is C7H7N3O2. The summed E-state index contributed by atoms with van der Waals surface area (Å²) in [5, 5.41) is 0. The van der Waals surface area contributed by atoms with Gasteiger partial charge in [0, 0.05) is 18.3 Å². The highest BCUT2D eigenvalue weighted by Gasteiger charge is 1.89. The summed E-state index contributed by atoms with van der Waals surface area (Å²) in [4.78, 5) is 23.5. The maximum Gasteiger partial charge on any atom is 0.340 e. The topological polar surface area (TPSA) is 80.9 Å². The van der Waals surface area contributed by atoms with E-state index in [1.807, 2.05) is 0 Å². The Morgan fingerprint density at radius 2 is 2.33 bits per heavy atom. The van der Waals surface area contributed by atoms with Gasteiger partial charge in [-0.25, -0.2) is 9.36 Å². The van der Waals surface area contributed by atoms with Gasteiger partial charge in [-0.1, -0.05) is 5.92 Å². The molecular weight excluding hydrogens is 158 g/mol. The predicted molar refractivity (Wildman–Crippen MR) is 43.6 cm³/mol. The molecule has 0 unspecified atom stereocenters. The summed E-state index contributed by atoms with van der Waals surface area (Å²) in [6, 6.07) is 3.66. The fourth-order valence-corrected chi connectivity index (χ4v) is 0.636. The van der Waals surface area contributed by atoms with Crippen LogP contribution in [0.5, 0.6) is 0 Å². The lowest BCUT2D eigenvalue weighted by molar-refractivity contribution is 0.923. The van der Waals surface area contributed by atoms with E-state index in [1.165, 1.54) is 12.3 Å². The lowest BCUT2D eigenvalue weighted by Crippen LogP contribution is -2.26. The molecule has 62 valence electrons. The molecule has 5 heteroatoms. The Morgan fingerprint density at radius 1 is 1.58 bits per heavy atom. The summed E-state index contributed by atoms with van der Waals surface area (Å²) in [7, 11) is 0. The highest BCUT2D eigenvalue weighted by atomic mass is 16.2. The van der Waals surface area contributed by atoms with E-state index in [0.29, 0.717) is 0 Å². The van der Waals surface area contributed by atoms with Gasteiger partial charge >= 0.3 is 5.69 Å². The third-order valence-corrected chi connectivity index (χ3v) is 1.13. The van der Waals surface area contributed by atoms with Gasteiger partial charge in [0.25, 0.3) is 5.56 Å². The first-order valence-electron chi connectivity index (χ1n) is 3.25. The molecule has 0 saturated heterocycles. The number of nitrogens with zero attached hydrogens (tertiary/aromatic N) is 1. The van der Waals surface area contributed by atoms with Crippen LogP contribution in [0.1, 0.15) is 0 Å². The Hall–Kier alpha value is -1.80. The summed E-state index contributed by atoms with van der Waals surface area (Å²) in [6.07, 6.45) is 1.30. The van der Waals surface area contributed by atoms with Gasteiger partial charge in [0.2, 0.25) is 0 Å². The Labute approximate surface area is 67.8 Å². The van der Waals surface area contributed by atoms with Crippen LogP contribution in [0.3, 0.4) is 0 Å². The molecule has 0 aromatic carbocycles. The molecule has 12 heavy (non-hydrogen) atoms. The van der Waals surface area contributed by atoms with Gasteiger partial charge in [0.15, 0.2) is 0 Å². The second kappa shape index (κ2) is 3.55. The average molecular weight is 165 g/mol. The lowest BCUT2D eigenvalue weighted by Gasteiger charge is -1.89. The van der Waals surface area contributed by atoms with Crippen LogP contribution in [0.15, 0.2) is 21.9 Å². The van der Waals surface area contributed by atoms with E-state index in [1.54, 1.807) is 0 Å². The summed E-state index contributed by atoms with van der Waals surface area (Å²) < 4.78 is 1.06. The number of hydrogen-bond donors (Lipinski definition) is 2. The van der Waals surface area contributed by atoms with E-state index in [4.69, 9.17) is 5.73 Å². The van der Waals surface area contributed by atoms with E-state index in [-0.39, 0.29) is 6.54 Å². The third kappa shape index (κ3) is 1.84. The zero-order valence-corrected chi connectivity index (χ0v) is 6.20. The predicted octanol–water partition coefficient (Wildman–Crippen LogP) is -1.70. The molecule has 0 amide bonds. The first-order valence-corrected chi connectivity index (χ1v) is 3.25. The maximum atomic E-state index is 10.9. The second-order valence-electron chi connectivity index (χ2n) is 1.97. The molecule has 0 aliphatic rings. The van der Waals surface area contributed by atoms with E-state index in [2.05, 4.69) is 16.9 Å².